The van der Waals surface area contributed by atoms with Crippen molar-refractivity contribution in [2.75, 3.05) is 19.4 Å². The maximum Gasteiger partial charge on any atom is 0.242 e. The smallest absolute Gasteiger partial charge is 0.242 e. The van der Waals surface area contributed by atoms with Crippen molar-refractivity contribution >= 4 is 35.2 Å². The van der Waals surface area contributed by atoms with Crippen molar-refractivity contribution in [3.8, 4) is 5.75 Å². The van der Waals surface area contributed by atoms with Gasteiger partial charge in [0.15, 0.2) is 0 Å². The number of carbonyl (C=O) groups is 2. The third-order valence-electron chi connectivity index (χ3n) is 4.64. The predicted octanol–water partition coefficient (Wildman–Crippen LogP) is 4.53. The Labute approximate surface area is 188 Å². The molecule has 30 heavy (non-hydrogen) atoms. The van der Waals surface area contributed by atoms with Crippen LogP contribution in [0, 0.1) is 0 Å². The average Bonchev–Trinajstić information content (AvgIpc) is 2.76. The average molecular weight is 449 g/mol. The maximum absolute atomic E-state index is 13.1. The second-order valence-electron chi connectivity index (χ2n) is 6.92. The molecule has 2 amide bonds. The van der Waals surface area contributed by atoms with E-state index in [0.717, 1.165) is 23.3 Å². The molecule has 2 aromatic carbocycles. The van der Waals surface area contributed by atoms with Crippen LogP contribution >= 0.6 is 23.4 Å². The molecule has 0 saturated heterocycles. The number of amides is 2. The molecule has 0 radical (unpaired) electrons. The fourth-order valence-electron chi connectivity index (χ4n) is 2.89. The van der Waals surface area contributed by atoms with Crippen LogP contribution in [-0.2, 0) is 21.9 Å². The van der Waals surface area contributed by atoms with Gasteiger partial charge >= 0.3 is 0 Å². The zero-order valence-electron chi connectivity index (χ0n) is 17.7. The summed E-state index contributed by atoms with van der Waals surface area (Å²) in [7, 11) is 1.61. The van der Waals surface area contributed by atoms with Gasteiger partial charge in [-0.25, -0.2) is 0 Å². The number of hydrogen-bond acceptors (Lipinski definition) is 4. The molecular weight excluding hydrogens is 420 g/mol. The molecule has 0 aromatic heterocycles. The lowest BCUT2D eigenvalue weighted by Crippen LogP contribution is -2.48. The number of ether oxygens (including phenoxy) is 1. The van der Waals surface area contributed by atoms with Crippen LogP contribution in [-0.4, -0.2) is 42.2 Å². The highest BCUT2D eigenvalue weighted by Crippen LogP contribution is 2.22. The molecule has 1 atom stereocenters. The fraction of sp³-hybridized carbons (Fsp3) is 0.391. The summed E-state index contributed by atoms with van der Waals surface area (Å²) >= 11 is 7.70. The highest BCUT2D eigenvalue weighted by Gasteiger charge is 2.26. The highest BCUT2D eigenvalue weighted by molar-refractivity contribution is 7.99. The van der Waals surface area contributed by atoms with E-state index in [9.17, 15) is 9.59 Å². The number of nitrogens with zero attached hydrogens (tertiary/aromatic N) is 1. The van der Waals surface area contributed by atoms with Gasteiger partial charge in [-0.3, -0.25) is 9.59 Å². The molecule has 0 bridgehead atoms. The first-order chi connectivity index (χ1) is 14.5. The van der Waals surface area contributed by atoms with E-state index < -0.39 is 6.04 Å². The Morgan fingerprint density at radius 3 is 2.67 bits per heavy atom. The zero-order chi connectivity index (χ0) is 21.9. The van der Waals surface area contributed by atoms with Crippen LogP contribution in [0.25, 0.3) is 0 Å². The lowest BCUT2D eigenvalue weighted by atomic mass is 10.1. The van der Waals surface area contributed by atoms with Crippen molar-refractivity contribution in [3.05, 3.63) is 64.7 Å². The molecule has 2 aromatic rings. The number of halogens is 1. The van der Waals surface area contributed by atoms with Gasteiger partial charge in [-0.1, -0.05) is 48.9 Å². The SMILES string of the molecule is CCCNC(=O)[C@@H](C)N(Cc1cccc(OC)c1)C(=O)CSCc1ccccc1Cl. The molecule has 0 saturated carbocycles. The number of benzene rings is 2. The number of rotatable bonds is 11. The van der Waals surface area contributed by atoms with E-state index in [2.05, 4.69) is 5.32 Å². The fourth-order valence-corrected chi connectivity index (χ4v) is 4.09. The highest BCUT2D eigenvalue weighted by atomic mass is 35.5. The van der Waals surface area contributed by atoms with Crippen LogP contribution in [0.2, 0.25) is 5.02 Å². The van der Waals surface area contributed by atoms with Crippen molar-refractivity contribution in [1.82, 2.24) is 10.2 Å². The largest absolute Gasteiger partial charge is 0.497 e. The monoisotopic (exact) mass is 448 g/mol. The van der Waals surface area contributed by atoms with Crippen LogP contribution < -0.4 is 10.1 Å². The van der Waals surface area contributed by atoms with Crippen LogP contribution in [0.4, 0.5) is 0 Å². The molecule has 7 heteroatoms. The van der Waals surface area contributed by atoms with E-state index in [-0.39, 0.29) is 17.6 Å². The van der Waals surface area contributed by atoms with Crippen LogP contribution in [0.3, 0.4) is 0 Å². The Bertz CT molecular complexity index is 847. The van der Waals surface area contributed by atoms with Gasteiger partial charge in [0.05, 0.1) is 12.9 Å². The summed E-state index contributed by atoms with van der Waals surface area (Å²) < 4.78 is 5.28. The van der Waals surface area contributed by atoms with E-state index in [0.29, 0.717) is 23.9 Å². The van der Waals surface area contributed by atoms with E-state index in [1.54, 1.807) is 18.9 Å². The predicted molar refractivity (Wildman–Crippen MR) is 124 cm³/mol. The molecule has 0 fully saturated rings. The van der Waals surface area contributed by atoms with E-state index >= 15 is 0 Å². The second kappa shape index (κ2) is 12.5. The molecule has 0 heterocycles. The Hall–Kier alpha value is -2.18. The Balaban J connectivity index is 2.09. The van der Waals surface area contributed by atoms with E-state index in [1.807, 2.05) is 55.5 Å². The van der Waals surface area contributed by atoms with Gasteiger partial charge in [0, 0.05) is 23.9 Å². The van der Waals surface area contributed by atoms with Gasteiger partial charge in [-0.05, 0) is 42.7 Å². The molecule has 162 valence electrons. The van der Waals surface area contributed by atoms with Crippen LogP contribution in [0.5, 0.6) is 5.75 Å². The molecule has 0 aliphatic rings. The topological polar surface area (TPSA) is 58.6 Å². The van der Waals surface area contributed by atoms with Crippen molar-refractivity contribution in [2.24, 2.45) is 0 Å². The lowest BCUT2D eigenvalue weighted by molar-refractivity contribution is -0.138. The molecular formula is C23H29ClN2O3S. The number of carbonyl (C=O) groups excluding carboxylic acids is 2. The van der Waals surface area contributed by atoms with Gasteiger partial charge in [-0.15, -0.1) is 11.8 Å². The summed E-state index contributed by atoms with van der Waals surface area (Å²) in [5, 5.41) is 3.58. The van der Waals surface area contributed by atoms with Gasteiger partial charge < -0.3 is 15.0 Å². The van der Waals surface area contributed by atoms with E-state index in [4.69, 9.17) is 16.3 Å². The van der Waals surface area contributed by atoms with Gasteiger partial charge in [-0.2, -0.15) is 0 Å². The summed E-state index contributed by atoms with van der Waals surface area (Å²) in [4.78, 5) is 27.2. The standard InChI is InChI=1S/C23H29ClN2O3S/c1-4-12-25-23(28)17(2)26(14-18-8-7-10-20(13-18)29-3)22(27)16-30-15-19-9-5-6-11-21(19)24/h5-11,13,17H,4,12,14-16H2,1-3H3,(H,25,28)/t17-/m1/s1. The minimum atomic E-state index is -0.573. The summed E-state index contributed by atoms with van der Waals surface area (Å²) in [5.74, 6) is 1.38. The third kappa shape index (κ3) is 7.26. The summed E-state index contributed by atoms with van der Waals surface area (Å²) in [5.41, 5.74) is 1.90. The number of nitrogens with one attached hydrogen (secondary N) is 1. The summed E-state index contributed by atoms with van der Waals surface area (Å²) in [6.07, 6.45) is 0.843. The van der Waals surface area contributed by atoms with Gasteiger partial charge in [0.25, 0.3) is 0 Å². The minimum absolute atomic E-state index is 0.0889. The van der Waals surface area contributed by atoms with Crippen molar-refractivity contribution in [2.45, 2.75) is 38.6 Å². The van der Waals surface area contributed by atoms with Crippen molar-refractivity contribution in [3.63, 3.8) is 0 Å². The van der Waals surface area contributed by atoms with Gasteiger partial charge in [0.1, 0.15) is 11.8 Å². The summed E-state index contributed by atoms with van der Waals surface area (Å²) in [6.45, 7) is 4.69. The lowest BCUT2D eigenvalue weighted by Gasteiger charge is -2.29. The molecule has 0 aliphatic heterocycles. The number of thioether (sulfide) groups is 1. The molecule has 1 N–H and O–H groups in total. The minimum Gasteiger partial charge on any atom is -0.497 e. The Morgan fingerprint density at radius 1 is 1.20 bits per heavy atom. The molecule has 0 unspecified atom stereocenters. The third-order valence-corrected chi connectivity index (χ3v) is 5.98. The van der Waals surface area contributed by atoms with Crippen LogP contribution in [0.1, 0.15) is 31.4 Å². The molecule has 0 aliphatic carbocycles. The molecule has 5 nitrogen and oxygen atoms in total. The Kier molecular flexibility index (Phi) is 10.0. The number of methoxy groups -OCH3 is 1. The summed E-state index contributed by atoms with van der Waals surface area (Å²) in [6, 6.07) is 14.6. The number of hydrogen-bond donors (Lipinski definition) is 1. The van der Waals surface area contributed by atoms with Crippen molar-refractivity contribution in [1.29, 1.82) is 0 Å². The second-order valence-corrected chi connectivity index (χ2v) is 8.32. The zero-order valence-corrected chi connectivity index (χ0v) is 19.3. The first kappa shape index (κ1) is 24.1. The first-order valence-electron chi connectivity index (χ1n) is 9.97. The van der Waals surface area contributed by atoms with Crippen LogP contribution in [0.15, 0.2) is 48.5 Å². The van der Waals surface area contributed by atoms with E-state index in [1.165, 1.54) is 11.8 Å². The normalized spacial score (nSPS) is 11.6. The van der Waals surface area contributed by atoms with Crippen molar-refractivity contribution < 1.29 is 14.3 Å². The Morgan fingerprint density at radius 2 is 1.97 bits per heavy atom. The maximum atomic E-state index is 13.1. The van der Waals surface area contributed by atoms with Gasteiger partial charge in [0.2, 0.25) is 11.8 Å². The quantitative estimate of drug-likeness (QED) is 0.548. The molecule has 2 rings (SSSR count). The molecule has 0 spiro atoms. The first-order valence-corrected chi connectivity index (χ1v) is 11.5.